The summed E-state index contributed by atoms with van der Waals surface area (Å²) in [6, 6.07) is 4.40. The number of halogens is 2. The molecule has 1 saturated heterocycles. The maximum absolute atomic E-state index is 13.0. The van der Waals surface area contributed by atoms with Crippen LogP contribution in [0.1, 0.15) is 32.3 Å². The molecule has 1 aromatic rings. The number of hydrogen-bond donors (Lipinski definition) is 0. The molecule has 0 N–H and O–H groups in total. The minimum atomic E-state index is -0.295. The van der Waals surface area contributed by atoms with Crippen molar-refractivity contribution in [3.8, 4) is 5.75 Å². The summed E-state index contributed by atoms with van der Waals surface area (Å²) in [4.78, 5) is 0. The molecule has 4 heteroatoms. The second kappa shape index (κ2) is 5.45. The summed E-state index contributed by atoms with van der Waals surface area (Å²) in [6.45, 7) is 4.64. The fourth-order valence-corrected chi connectivity index (χ4v) is 2.38. The molecule has 0 aliphatic carbocycles. The maximum atomic E-state index is 13.0. The average molecular weight is 273 g/mol. The van der Waals surface area contributed by atoms with E-state index in [4.69, 9.17) is 21.1 Å². The van der Waals surface area contributed by atoms with Gasteiger partial charge in [-0.15, -0.1) is 11.6 Å². The smallest absolute Gasteiger partial charge is 0.124 e. The van der Waals surface area contributed by atoms with E-state index in [1.54, 1.807) is 6.07 Å². The van der Waals surface area contributed by atoms with E-state index in [9.17, 15) is 4.39 Å². The highest BCUT2D eigenvalue weighted by Gasteiger charge is 2.31. The molecular formula is C14H18ClFO2. The fourth-order valence-electron chi connectivity index (χ4n) is 2.17. The lowest BCUT2D eigenvalue weighted by Crippen LogP contribution is -2.24. The van der Waals surface area contributed by atoms with Crippen molar-refractivity contribution in [2.24, 2.45) is 0 Å². The third-order valence-electron chi connectivity index (χ3n) is 3.15. The minimum Gasteiger partial charge on any atom is -0.491 e. The fraction of sp³-hybridized carbons (Fsp3) is 0.571. The number of ether oxygens (including phenoxy) is 2. The van der Waals surface area contributed by atoms with Gasteiger partial charge in [0.15, 0.2) is 0 Å². The van der Waals surface area contributed by atoms with E-state index in [0.717, 1.165) is 12.8 Å². The van der Waals surface area contributed by atoms with Crippen LogP contribution in [0.15, 0.2) is 18.2 Å². The summed E-state index contributed by atoms with van der Waals surface area (Å²) in [7, 11) is 0. The highest BCUT2D eigenvalue weighted by molar-refractivity contribution is 6.17. The van der Waals surface area contributed by atoms with Crippen molar-refractivity contribution in [3.05, 3.63) is 29.6 Å². The van der Waals surface area contributed by atoms with Gasteiger partial charge in [0, 0.05) is 5.56 Å². The predicted octanol–water partition coefficient (Wildman–Crippen LogP) is 3.90. The molecule has 0 aromatic heterocycles. The molecule has 1 aliphatic heterocycles. The first-order chi connectivity index (χ1) is 8.50. The normalized spacial score (nSPS) is 22.1. The largest absolute Gasteiger partial charge is 0.491 e. The number of alkyl halides is 1. The van der Waals surface area contributed by atoms with Crippen LogP contribution in [0.3, 0.4) is 0 Å². The molecule has 0 amide bonds. The molecule has 0 saturated carbocycles. The maximum Gasteiger partial charge on any atom is 0.124 e. The lowest BCUT2D eigenvalue weighted by Gasteiger charge is -2.20. The Morgan fingerprint density at radius 2 is 2.28 bits per heavy atom. The van der Waals surface area contributed by atoms with E-state index in [-0.39, 0.29) is 23.4 Å². The van der Waals surface area contributed by atoms with Gasteiger partial charge in [-0.1, -0.05) is 0 Å². The Morgan fingerprint density at radius 3 is 2.89 bits per heavy atom. The summed E-state index contributed by atoms with van der Waals surface area (Å²) in [5.41, 5.74) is 0.612. The number of benzene rings is 1. The van der Waals surface area contributed by atoms with Crippen molar-refractivity contribution in [1.29, 1.82) is 0 Å². The standard InChI is InChI=1S/C14H18ClFO2/c1-14(2)6-5-12(18-14)9-17-13-4-3-11(16)7-10(13)8-15/h3-4,7,12H,5-6,8-9H2,1-2H3. The van der Waals surface area contributed by atoms with E-state index in [1.807, 2.05) is 0 Å². The van der Waals surface area contributed by atoms with Gasteiger partial charge >= 0.3 is 0 Å². The molecule has 0 spiro atoms. The minimum absolute atomic E-state index is 0.0634. The Balaban J connectivity index is 1.94. The number of hydrogen-bond acceptors (Lipinski definition) is 2. The van der Waals surface area contributed by atoms with Crippen molar-refractivity contribution in [1.82, 2.24) is 0 Å². The zero-order valence-electron chi connectivity index (χ0n) is 10.7. The van der Waals surface area contributed by atoms with Crippen LogP contribution in [-0.2, 0) is 10.6 Å². The summed E-state index contributed by atoms with van der Waals surface area (Å²) in [6.07, 6.45) is 2.13. The third kappa shape index (κ3) is 3.36. The molecule has 100 valence electrons. The van der Waals surface area contributed by atoms with Crippen molar-refractivity contribution in [2.45, 2.75) is 44.3 Å². The second-order valence-corrected chi connectivity index (χ2v) is 5.50. The molecule has 2 nitrogen and oxygen atoms in total. The van der Waals surface area contributed by atoms with Crippen LogP contribution in [0.4, 0.5) is 4.39 Å². The molecule has 1 heterocycles. The Kier molecular flexibility index (Phi) is 4.13. The van der Waals surface area contributed by atoms with E-state index in [2.05, 4.69) is 13.8 Å². The van der Waals surface area contributed by atoms with Crippen LogP contribution in [0.2, 0.25) is 0 Å². The van der Waals surface area contributed by atoms with E-state index >= 15 is 0 Å². The lowest BCUT2D eigenvalue weighted by molar-refractivity contribution is -0.0327. The van der Waals surface area contributed by atoms with Gasteiger partial charge in [0.05, 0.1) is 17.6 Å². The molecule has 1 aliphatic rings. The zero-order chi connectivity index (χ0) is 13.2. The second-order valence-electron chi connectivity index (χ2n) is 5.23. The van der Waals surface area contributed by atoms with Crippen LogP contribution >= 0.6 is 11.6 Å². The van der Waals surface area contributed by atoms with Crippen LogP contribution in [0, 0.1) is 5.82 Å². The van der Waals surface area contributed by atoms with Crippen molar-refractivity contribution in [3.63, 3.8) is 0 Å². The van der Waals surface area contributed by atoms with Gasteiger partial charge in [0.1, 0.15) is 18.2 Å². The van der Waals surface area contributed by atoms with Gasteiger partial charge in [0.2, 0.25) is 0 Å². The molecule has 1 unspecified atom stereocenters. The summed E-state index contributed by atoms with van der Waals surface area (Å²) in [5, 5.41) is 0. The first kappa shape index (κ1) is 13.6. The van der Waals surface area contributed by atoms with Gasteiger partial charge in [-0.2, -0.15) is 0 Å². The molecule has 0 bridgehead atoms. The third-order valence-corrected chi connectivity index (χ3v) is 3.43. The lowest BCUT2D eigenvalue weighted by atomic mass is 10.1. The van der Waals surface area contributed by atoms with E-state index in [0.29, 0.717) is 17.9 Å². The average Bonchev–Trinajstić information content (AvgIpc) is 2.67. The molecular weight excluding hydrogens is 255 g/mol. The van der Waals surface area contributed by atoms with Crippen LogP contribution < -0.4 is 4.74 Å². The highest BCUT2D eigenvalue weighted by Crippen LogP contribution is 2.30. The monoisotopic (exact) mass is 272 g/mol. The van der Waals surface area contributed by atoms with Crippen LogP contribution in [-0.4, -0.2) is 18.3 Å². The quantitative estimate of drug-likeness (QED) is 0.774. The first-order valence-electron chi connectivity index (χ1n) is 6.15. The molecule has 2 rings (SSSR count). The van der Waals surface area contributed by atoms with Crippen molar-refractivity contribution >= 4 is 11.6 Å². The van der Waals surface area contributed by atoms with E-state index < -0.39 is 0 Å². The first-order valence-corrected chi connectivity index (χ1v) is 6.69. The van der Waals surface area contributed by atoms with Crippen LogP contribution in [0.25, 0.3) is 0 Å². The van der Waals surface area contributed by atoms with Gasteiger partial charge < -0.3 is 9.47 Å². The molecule has 1 atom stereocenters. The van der Waals surface area contributed by atoms with Crippen LogP contribution in [0.5, 0.6) is 5.75 Å². The van der Waals surface area contributed by atoms with Crippen molar-refractivity contribution in [2.75, 3.05) is 6.61 Å². The Hall–Kier alpha value is -0.800. The molecule has 0 radical (unpaired) electrons. The van der Waals surface area contributed by atoms with Crippen molar-refractivity contribution < 1.29 is 13.9 Å². The Labute approximate surface area is 112 Å². The predicted molar refractivity (Wildman–Crippen MR) is 69.6 cm³/mol. The SMILES string of the molecule is CC1(C)CCC(COc2ccc(F)cc2CCl)O1. The van der Waals surface area contributed by atoms with Gasteiger partial charge in [-0.3, -0.25) is 0 Å². The van der Waals surface area contributed by atoms with Gasteiger partial charge in [-0.05, 0) is 44.9 Å². The van der Waals surface area contributed by atoms with E-state index in [1.165, 1.54) is 12.1 Å². The number of rotatable bonds is 4. The molecule has 1 aromatic carbocycles. The zero-order valence-corrected chi connectivity index (χ0v) is 11.5. The Morgan fingerprint density at radius 1 is 1.50 bits per heavy atom. The topological polar surface area (TPSA) is 18.5 Å². The summed E-state index contributed by atoms with van der Waals surface area (Å²) in [5.74, 6) is 0.584. The Bertz CT molecular complexity index is 420. The molecule has 1 fully saturated rings. The molecule has 18 heavy (non-hydrogen) atoms. The van der Waals surface area contributed by atoms with Gasteiger partial charge in [0.25, 0.3) is 0 Å². The highest BCUT2D eigenvalue weighted by atomic mass is 35.5. The summed E-state index contributed by atoms with van der Waals surface area (Å²) < 4.78 is 24.6. The summed E-state index contributed by atoms with van der Waals surface area (Å²) >= 11 is 5.77. The van der Waals surface area contributed by atoms with Gasteiger partial charge in [-0.25, -0.2) is 4.39 Å².